The van der Waals surface area contributed by atoms with Crippen LogP contribution in [-0.2, 0) is 0 Å². The molecule has 2 aromatic carbocycles. The number of benzene rings is 2. The van der Waals surface area contributed by atoms with Gasteiger partial charge in [0.1, 0.15) is 5.75 Å². The highest BCUT2D eigenvalue weighted by molar-refractivity contribution is 7.80. The molecular weight excluding hydrogens is 292 g/mol. The van der Waals surface area contributed by atoms with Crippen LogP contribution in [-0.4, -0.2) is 11.7 Å². The van der Waals surface area contributed by atoms with E-state index in [1.54, 1.807) is 0 Å². The van der Waals surface area contributed by atoms with Crippen LogP contribution in [0.25, 0.3) is 0 Å². The second-order valence-corrected chi connectivity index (χ2v) is 5.31. The van der Waals surface area contributed by atoms with Crippen LogP contribution in [0, 0.1) is 0 Å². The average molecular weight is 314 g/mol. The van der Waals surface area contributed by atoms with E-state index < -0.39 is 0 Å². The second kappa shape index (κ2) is 8.39. The molecule has 0 fully saturated rings. The SMILES string of the molecule is CCOc1ccccc1NC(=S)N[C@@H](CC)c1ccccc1. The third kappa shape index (κ3) is 4.46. The Bertz CT molecular complexity index is 601. The molecule has 22 heavy (non-hydrogen) atoms. The Morgan fingerprint density at radius 2 is 1.73 bits per heavy atom. The van der Waals surface area contributed by atoms with Gasteiger partial charge in [-0.15, -0.1) is 0 Å². The predicted octanol–water partition coefficient (Wildman–Crippen LogP) is 4.52. The highest BCUT2D eigenvalue weighted by atomic mass is 32.1. The molecular formula is C18H22N2OS. The minimum atomic E-state index is 0.195. The average Bonchev–Trinajstić information content (AvgIpc) is 2.55. The van der Waals surface area contributed by atoms with Gasteiger partial charge >= 0.3 is 0 Å². The topological polar surface area (TPSA) is 33.3 Å². The van der Waals surface area contributed by atoms with Gasteiger partial charge in [0.2, 0.25) is 0 Å². The van der Waals surface area contributed by atoms with Gasteiger partial charge in [0.25, 0.3) is 0 Å². The molecule has 0 amide bonds. The second-order valence-electron chi connectivity index (χ2n) is 4.90. The Balaban J connectivity index is 2.03. The molecule has 0 unspecified atom stereocenters. The number of anilines is 1. The summed E-state index contributed by atoms with van der Waals surface area (Å²) in [5.74, 6) is 0.807. The zero-order valence-electron chi connectivity index (χ0n) is 13.0. The van der Waals surface area contributed by atoms with Crippen molar-refractivity contribution in [2.45, 2.75) is 26.3 Å². The Kier molecular flexibility index (Phi) is 6.22. The van der Waals surface area contributed by atoms with Gasteiger partial charge in [0, 0.05) is 0 Å². The summed E-state index contributed by atoms with van der Waals surface area (Å²) in [6.45, 7) is 4.73. The van der Waals surface area contributed by atoms with Gasteiger partial charge in [-0.3, -0.25) is 0 Å². The minimum absolute atomic E-state index is 0.195. The van der Waals surface area contributed by atoms with Gasteiger partial charge in [0.05, 0.1) is 18.3 Å². The van der Waals surface area contributed by atoms with Crippen LogP contribution in [0.5, 0.6) is 5.75 Å². The van der Waals surface area contributed by atoms with Gasteiger partial charge in [-0.2, -0.15) is 0 Å². The van der Waals surface area contributed by atoms with Crippen LogP contribution in [0.2, 0.25) is 0 Å². The predicted molar refractivity (Wildman–Crippen MR) is 96.4 cm³/mol. The van der Waals surface area contributed by atoms with E-state index in [9.17, 15) is 0 Å². The quantitative estimate of drug-likeness (QED) is 0.768. The molecule has 0 aliphatic heterocycles. The largest absolute Gasteiger partial charge is 0.492 e. The molecule has 0 spiro atoms. The zero-order chi connectivity index (χ0) is 15.8. The highest BCUT2D eigenvalue weighted by Gasteiger charge is 2.11. The van der Waals surface area contributed by atoms with Crippen molar-refractivity contribution in [3.8, 4) is 5.75 Å². The van der Waals surface area contributed by atoms with E-state index in [1.807, 2.05) is 49.4 Å². The molecule has 0 saturated heterocycles. The van der Waals surface area contributed by atoms with Crippen LogP contribution in [0.1, 0.15) is 31.9 Å². The van der Waals surface area contributed by atoms with Crippen molar-refractivity contribution in [2.75, 3.05) is 11.9 Å². The summed E-state index contributed by atoms with van der Waals surface area (Å²) in [6, 6.07) is 18.3. The molecule has 4 heteroatoms. The Labute approximate surface area is 137 Å². The Morgan fingerprint density at radius 1 is 1.05 bits per heavy atom. The molecule has 1 atom stereocenters. The number of para-hydroxylation sites is 2. The molecule has 0 radical (unpaired) electrons. The first-order valence-corrected chi connectivity index (χ1v) is 7.99. The molecule has 0 heterocycles. The summed E-state index contributed by atoms with van der Waals surface area (Å²) in [6.07, 6.45) is 0.957. The van der Waals surface area contributed by atoms with Gasteiger partial charge in [-0.1, -0.05) is 49.4 Å². The maximum Gasteiger partial charge on any atom is 0.171 e. The summed E-state index contributed by atoms with van der Waals surface area (Å²) < 4.78 is 5.60. The number of thiocarbonyl (C=S) groups is 1. The lowest BCUT2D eigenvalue weighted by molar-refractivity contribution is 0.342. The fourth-order valence-corrected chi connectivity index (χ4v) is 2.53. The molecule has 0 aliphatic carbocycles. The lowest BCUT2D eigenvalue weighted by atomic mass is 10.1. The fraction of sp³-hybridized carbons (Fsp3) is 0.278. The van der Waals surface area contributed by atoms with Crippen LogP contribution in [0.4, 0.5) is 5.69 Å². The van der Waals surface area contributed by atoms with E-state index >= 15 is 0 Å². The van der Waals surface area contributed by atoms with Gasteiger partial charge < -0.3 is 15.4 Å². The number of ether oxygens (including phenoxy) is 1. The summed E-state index contributed by atoms with van der Waals surface area (Å²) >= 11 is 5.44. The van der Waals surface area contributed by atoms with Gasteiger partial charge in [-0.05, 0) is 43.3 Å². The first-order chi connectivity index (χ1) is 10.7. The Hall–Kier alpha value is -2.07. The molecule has 3 nitrogen and oxygen atoms in total. The van der Waals surface area contributed by atoms with Crippen molar-refractivity contribution in [2.24, 2.45) is 0 Å². The molecule has 0 bridgehead atoms. The molecule has 116 valence electrons. The maximum absolute atomic E-state index is 5.60. The van der Waals surface area contributed by atoms with E-state index in [1.165, 1.54) is 5.56 Å². The molecule has 2 N–H and O–H groups in total. The van der Waals surface area contributed by atoms with E-state index in [2.05, 4.69) is 29.7 Å². The summed E-state index contributed by atoms with van der Waals surface area (Å²) in [4.78, 5) is 0. The first kappa shape index (κ1) is 16.3. The highest BCUT2D eigenvalue weighted by Crippen LogP contribution is 2.24. The van der Waals surface area contributed by atoms with E-state index in [4.69, 9.17) is 17.0 Å². The van der Waals surface area contributed by atoms with Gasteiger partial charge in [0.15, 0.2) is 5.11 Å². The Morgan fingerprint density at radius 3 is 2.41 bits per heavy atom. The van der Waals surface area contributed by atoms with E-state index in [0.717, 1.165) is 17.9 Å². The van der Waals surface area contributed by atoms with Crippen LogP contribution < -0.4 is 15.4 Å². The number of nitrogens with one attached hydrogen (secondary N) is 2. The zero-order valence-corrected chi connectivity index (χ0v) is 13.8. The fourth-order valence-electron chi connectivity index (χ4n) is 2.27. The monoisotopic (exact) mass is 314 g/mol. The molecule has 0 aromatic heterocycles. The summed E-state index contributed by atoms with van der Waals surface area (Å²) in [7, 11) is 0. The first-order valence-electron chi connectivity index (χ1n) is 7.58. The molecule has 0 saturated carbocycles. The lowest BCUT2D eigenvalue weighted by Crippen LogP contribution is -2.32. The van der Waals surface area contributed by atoms with Crippen molar-refractivity contribution in [3.63, 3.8) is 0 Å². The van der Waals surface area contributed by atoms with Crippen molar-refractivity contribution in [1.82, 2.24) is 5.32 Å². The van der Waals surface area contributed by atoms with E-state index in [-0.39, 0.29) is 6.04 Å². The number of hydrogen-bond donors (Lipinski definition) is 2. The van der Waals surface area contributed by atoms with Crippen molar-refractivity contribution in [1.29, 1.82) is 0 Å². The van der Waals surface area contributed by atoms with Crippen molar-refractivity contribution >= 4 is 23.0 Å². The molecule has 2 aromatic rings. The van der Waals surface area contributed by atoms with Crippen LogP contribution in [0.3, 0.4) is 0 Å². The maximum atomic E-state index is 5.60. The summed E-state index contributed by atoms with van der Waals surface area (Å²) in [5, 5.41) is 7.19. The van der Waals surface area contributed by atoms with E-state index in [0.29, 0.717) is 11.7 Å². The number of hydrogen-bond acceptors (Lipinski definition) is 2. The smallest absolute Gasteiger partial charge is 0.171 e. The molecule has 0 aliphatic rings. The third-order valence-corrected chi connectivity index (χ3v) is 3.57. The number of rotatable bonds is 6. The van der Waals surface area contributed by atoms with Crippen molar-refractivity contribution in [3.05, 3.63) is 60.2 Å². The standard InChI is InChI=1S/C18H22N2OS/c1-3-15(14-10-6-5-7-11-14)19-18(22)20-16-12-8-9-13-17(16)21-4-2/h5-13,15H,3-4H2,1-2H3,(H2,19,20,22)/t15-/m0/s1. The van der Waals surface area contributed by atoms with Crippen molar-refractivity contribution < 1.29 is 4.74 Å². The normalized spacial score (nSPS) is 11.5. The third-order valence-electron chi connectivity index (χ3n) is 3.35. The summed E-state index contributed by atoms with van der Waals surface area (Å²) in [5.41, 5.74) is 2.11. The minimum Gasteiger partial charge on any atom is -0.492 e. The lowest BCUT2D eigenvalue weighted by Gasteiger charge is -2.20. The molecule has 2 rings (SSSR count). The van der Waals surface area contributed by atoms with Crippen LogP contribution in [0.15, 0.2) is 54.6 Å². The van der Waals surface area contributed by atoms with Crippen LogP contribution >= 0.6 is 12.2 Å². The van der Waals surface area contributed by atoms with Gasteiger partial charge in [-0.25, -0.2) is 0 Å².